The lowest BCUT2D eigenvalue weighted by Crippen LogP contribution is -2.27. The molecule has 0 spiro atoms. The van der Waals surface area contributed by atoms with E-state index in [4.69, 9.17) is 5.26 Å². The highest BCUT2D eigenvalue weighted by molar-refractivity contribution is 5.92. The van der Waals surface area contributed by atoms with Gasteiger partial charge in [-0.05, 0) is 12.1 Å². The van der Waals surface area contributed by atoms with E-state index in [0.29, 0.717) is 30.3 Å². The van der Waals surface area contributed by atoms with Crippen LogP contribution in [-0.2, 0) is 4.79 Å². The molecule has 0 saturated carbocycles. The van der Waals surface area contributed by atoms with E-state index >= 15 is 0 Å². The minimum Gasteiger partial charge on any atom is -0.325 e. The van der Waals surface area contributed by atoms with Crippen molar-refractivity contribution in [1.29, 1.82) is 5.26 Å². The first-order chi connectivity index (χ1) is 8.13. The molecule has 0 atom stereocenters. The van der Waals surface area contributed by atoms with Crippen LogP contribution in [0, 0.1) is 11.3 Å². The maximum atomic E-state index is 11.6. The third-order valence-electron chi connectivity index (χ3n) is 2.23. The smallest absolute Gasteiger partial charge is 0.225 e. The van der Waals surface area contributed by atoms with Gasteiger partial charge in [0.2, 0.25) is 5.91 Å². The molecular formula is C13H17N3O. The van der Waals surface area contributed by atoms with Gasteiger partial charge in [0, 0.05) is 19.0 Å². The third kappa shape index (κ3) is 4.66. The van der Waals surface area contributed by atoms with Crippen LogP contribution in [0.4, 0.5) is 5.69 Å². The number of hydrogen-bond acceptors (Lipinski definition) is 3. The molecule has 0 aliphatic rings. The van der Waals surface area contributed by atoms with E-state index in [1.807, 2.05) is 19.9 Å². The van der Waals surface area contributed by atoms with Gasteiger partial charge in [0.15, 0.2) is 0 Å². The molecule has 0 radical (unpaired) electrons. The van der Waals surface area contributed by atoms with Crippen LogP contribution in [-0.4, -0.2) is 18.5 Å². The Morgan fingerprint density at radius 3 is 2.76 bits per heavy atom. The number of amides is 1. The lowest BCUT2D eigenvalue weighted by Gasteiger charge is -2.09. The van der Waals surface area contributed by atoms with Crippen LogP contribution in [0.5, 0.6) is 0 Å². The molecule has 17 heavy (non-hydrogen) atoms. The summed E-state index contributed by atoms with van der Waals surface area (Å²) in [5.41, 5.74) is 1.06. The predicted molar refractivity (Wildman–Crippen MR) is 67.5 cm³/mol. The Hall–Kier alpha value is -1.86. The summed E-state index contributed by atoms with van der Waals surface area (Å²) in [4.78, 5) is 11.6. The Balaban J connectivity index is 2.48. The number of para-hydroxylation sites is 1. The van der Waals surface area contributed by atoms with Crippen LogP contribution in [0.3, 0.4) is 0 Å². The summed E-state index contributed by atoms with van der Waals surface area (Å²) in [6.07, 6.45) is 0.401. The molecular weight excluding hydrogens is 214 g/mol. The first-order valence-corrected chi connectivity index (χ1v) is 5.66. The molecule has 1 aromatic carbocycles. The molecule has 1 amide bonds. The topological polar surface area (TPSA) is 64.9 Å². The molecule has 90 valence electrons. The van der Waals surface area contributed by atoms with Gasteiger partial charge < -0.3 is 10.6 Å². The van der Waals surface area contributed by atoms with Gasteiger partial charge in [0.05, 0.1) is 11.3 Å². The third-order valence-corrected chi connectivity index (χ3v) is 2.23. The standard InChI is InChI=1S/C13H17N3O/c1-10(2)15-8-7-13(17)16-12-6-4-3-5-11(12)9-14/h3-6,10,15H,7-8H2,1-2H3,(H,16,17). The van der Waals surface area contributed by atoms with Gasteiger partial charge in [-0.2, -0.15) is 5.26 Å². The van der Waals surface area contributed by atoms with Crippen molar-refractivity contribution in [2.75, 3.05) is 11.9 Å². The summed E-state index contributed by atoms with van der Waals surface area (Å²) in [6, 6.07) is 9.39. The molecule has 0 aromatic heterocycles. The Morgan fingerprint density at radius 2 is 2.12 bits per heavy atom. The van der Waals surface area contributed by atoms with Gasteiger partial charge in [-0.15, -0.1) is 0 Å². The van der Waals surface area contributed by atoms with E-state index in [0.717, 1.165) is 0 Å². The quantitative estimate of drug-likeness (QED) is 0.813. The Kier molecular flexibility index (Phi) is 5.18. The molecule has 0 fully saturated rings. The second kappa shape index (κ2) is 6.66. The number of nitrogens with zero attached hydrogens (tertiary/aromatic N) is 1. The van der Waals surface area contributed by atoms with Gasteiger partial charge in [-0.3, -0.25) is 4.79 Å². The lowest BCUT2D eigenvalue weighted by atomic mass is 10.2. The van der Waals surface area contributed by atoms with Crippen LogP contribution in [0.25, 0.3) is 0 Å². The van der Waals surface area contributed by atoms with E-state index in [2.05, 4.69) is 10.6 Å². The molecule has 0 unspecified atom stereocenters. The highest BCUT2D eigenvalue weighted by Gasteiger charge is 2.05. The Bertz CT molecular complexity index is 421. The predicted octanol–water partition coefficient (Wildman–Crippen LogP) is 1.88. The summed E-state index contributed by atoms with van der Waals surface area (Å²) in [5.74, 6) is -0.0825. The van der Waals surface area contributed by atoms with E-state index in [9.17, 15) is 4.79 Å². The first-order valence-electron chi connectivity index (χ1n) is 5.66. The van der Waals surface area contributed by atoms with Crippen LogP contribution in [0.1, 0.15) is 25.8 Å². The van der Waals surface area contributed by atoms with Gasteiger partial charge >= 0.3 is 0 Å². The summed E-state index contributed by atoms with van der Waals surface area (Å²) in [7, 11) is 0. The van der Waals surface area contributed by atoms with E-state index in [1.165, 1.54) is 0 Å². The number of hydrogen-bond donors (Lipinski definition) is 2. The van der Waals surface area contributed by atoms with Gasteiger partial charge in [-0.25, -0.2) is 0 Å². The van der Waals surface area contributed by atoms with E-state index < -0.39 is 0 Å². The minimum absolute atomic E-state index is 0.0825. The SMILES string of the molecule is CC(C)NCCC(=O)Nc1ccccc1C#N. The normalized spacial score (nSPS) is 10.0. The van der Waals surface area contributed by atoms with Crippen molar-refractivity contribution in [1.82, 2.24) is 5.32 Å². The number of benzene rings is 1. The highest BCUT2D eigenvalue weighted by Crippen LogP contribution is 2.13. The zero-order valence-corrected chi connectivity index (χ0v) is 10.2. The number of carbonyl (C=O) groups excluding carboxylic acids is 1. The maximum Gasteiger partial charge on any atom is 0.225 e. The van der Waals surface area contributed by atoms with Crippen molar-refractivity contribution >= 4 is 11.6 Å². The minimum atomic E-state index is -0.0825. The fourth-order valence-corrected chi connectivity index (χ4v) is 1.38. The second-order valence-electron chi connectivity index (χ2n) is 4.06. The van der Waals surface area contributed by atoms with Crippen LogP contribution in [0.15, 0.2) is 24.3 Å². The number of anilines is 1. The molecule has 1 rings (SSSR count). The summed E-state index contributed by atoms with van der Waals surface area (Å²) < 4.78 is 0. The fourth-order valence-electron chi connectivity index (χ4n) is 1.38. The average molecular weight is 231 g/mol. The summed E-state index contributed by atoms with van der Waals surface area (Å²) >= 11 is 0. The Labute approximate surface area is 102 Å². The molecule has 4 heteroatoms. The Morgan fingerprint density at radius 1 is 1.41 bits per heavy atom. The van der Waals surface area contributed by atoms with Crippen molar-refractivity contribution in [2.24, 2.45) is 0 Å². The molecule has 0 bridgehead atoms. The van der Waals surface area contributed by atoms with Crippen LogP contribution >= 0.6 is 0 Å². The number of nitriles is 1. The molecule has 0 aliphatic carbocycles. The monoisotopic (exact) mass is 231 g/mol. The molecule has 0 aliphatic heterocycles. The average Bonchev–Trinajstić information content (AvgIpc) is 2.29. The summed E-state index contributed by atoms with van der Waals surface area (Å²) in [5, 5.41) is 14.8. The van der Waals surface area contributed by atoms with E-state index in [1.54, 1.807) is 24.3 Å². The lowest BCUT2D eigenvalue weighted by molar-refractivity contribution is -0.116. The molecule has 0 heterocycles. The van der Waals surface area contributed by atoms with Gasteiger partial charge in [0.25, 0.3) is 0 Å². The second-order valence-corrected chi connectivity index (χ2v) is 4.06. The van der Waals surface area contributed by atoms with Gasteiger partial charge in [0.1, 0.15) is 6.07 Å². The van der Waals surface area contributed by atoms with Crippen LogP contribution in [0.2, 0.25) is 0 Å². The van der Waals surface area contributed by atoms with Crippen molar-refractivity contribution in [3.63, 3.8) is 0 Å². The van der Waals surface area contributed by atoms with Gasteiger partial charge in [-0.1, -0.05) is 26.0 Å². The number of rotatable bonds is 5. The largest absolute Gasteiger partial charge is 0.325 e. The molecule has 2 N–H and O–H groups in total. The van der Waals surface area contributed by atoms with Crippen molar-refractivity contribution in [3.05, 3.63) is 29.8 Å². The maximum absolute atomic E-state index is 11.6. The zero-order valence-electron chi connectivity index (χ0n) is 10.2. The van der Waals surface area contributed by atoms with Crippen molar-refractivity contribution in [3.8, 4) is 6.07 Å². The summed E-state index contributed by atoms with van der Waals surface area (Å²) in [6.45, 7) is 4.70. The zero-order chi connectivity index (χ0) is 12.7. The first kappa shape index (κ1) is 13.2. The molecule has 0 saturated heterocycles. The van der Waals surface area contributed by atoms with Crippen LogP contribution < -0.4 is 10.6 Å². The highest BCUT2D eigenvalue weighted by atomic mass is 16.1. The molecule has 4 nitrogen and oxygen atoms in total. The number of nitrogens with one attached hydrogen (secondary N) is 2. The number of carbonyl (C=O) groups is 1. The van der Waals surface area contributed by atoms with E-state index in [-0.39, 0.29) is 5.91 Å². The van der Waals surface area contributed by atoms with Crippen molar-refractivity contribution < 1.29 is 4.79 Å². The van der Waals surface area contributed by atoms with Crippen molar-refractivity contribution in [2.45, 2.75) is 26.3 Å². The molecule has 1 aromatic rings. The fraction of sp³-hybridized carbons (Fsp3) is 0.385.